The molecule has 0 aliphatic carbocycles. The average Bonchev–Trinajstić information content (AvgIpc) is 2.73. The van der Waals surface area contributed by atoms with Crippen molar-refractivity contribution in [2.24, 2.45) is 11.8 Å². The summed E-state index contributed by atoms with van der Waals surface area (Å²) in [5.74, 6) is 0.486. The maximum absolute atomic E-state index is 13.2. The van der Waals surface area contributed by atoms with Crippen molar-refractivity contribution < 1.29 is 26.4 Å². The van der Waals surface area contributed by atoms with E-state index in [1.807, 2.05) is 0 Å². The number of rotatable bonds is 10. The SMILES string of the molecule is CC(C)CCN(CCC(C)C)C(=O)c1cccc(S(=O)(=O)Nc2cc(C(F)(F)F)ccc2Cl)c1. The maximum Gasteiger partial charge on any atom is 0.416 e. The molecular formula is C24H30ClF3N2O3S. The Hall–Kier alpha value is -2.26. The maximum atomic E-state index is 13.2. The number of carbonyl (C=O) groups is 1. The van der Waals surface area contributed by atoms with Crippen LogP contribution in [0.4, 0.5) is 18.9 Å². The van der Waals surface area contributed by atoms with Crippen LogP contribution >= 0.6 is 11.6 Å². The zero-order valence-corrected chi connectivity index (χ0v) is 21.2. The number of alkyl halides is 3. The summed E-state index contributed by atoms with van der Waals surface area (Å²) in [5.41, 5.74) is -1.25. The van der Waals surface area contributed by atoms with Gasteiger partial charge in [-0.25, -0.2) is 8.42 Å². The van der Waals surface area contributed by atoms with Gasteiger partial charge in [-0.3, -0.25) is 9.52 Å². The van der Waals surface area contributed by atoms with Crippen molar-refractivity contribution in [1.29, 1.82) is 0 Å². The van der Waals surface area contributed by atoms with Gasteiger partial charge in [-0.1, -0.05) is 45.4 Å². The summed E-state index contributed by atoms with van der Waals surface area (Å²) in [6.45, 7) is 9.31. The summed E-state index contributed by atoms with van der Waals surface area (Å²) in [6.07, 6.45) is -3.05. The molecular weight excluding hydrogens is 489 g/mol. The summed E-state index contributed by atoms with van der Waals surface area (Å²) in [6, 6.07) is 7.83. The lowest BCUT2D eigenvalue weighted by atomic mass is 10.1. The van der Waals surface area contributed by atoms with Crippen LogP contribution in [0.15, 0.2) is 47.4 Å². The first-order valence-corrected chi connectivity index (χ1v) is 12.9. The number of hydrogen-bond acceptors (Lipinski definition) is 3. The van der Waals surface area contributed by atoms with E-state index in [0.29, 0.717) is 31.0 Å². The second-order valence-corrected chi connectivity index (χ2v) is 11.1. The Bertz CT molecular complexity index is 1090. The molecule has 0 bridgehead atoms. The Morgan fingerprint density at radius 3 is 2.12 bits per heavy atom. The highest BCUT2D eigenvalue weighted by Gasteiger charge is 2.31. The molecule has 188 valence electrons. The Balaban J connectivity index is 2.33. The highest BCUT2D eigenvalue weighted by Crippen LogP contribution is 2.34. The molecule has 0 aliphatic rings. The number of nitrogens with zero attached hydrogens (tertiary/aromatic N) is 1. The molecule has 0 aromatic heterocycles. The fourth-order valence-corrected chi connectivity index (χ4v) is 4.44. The molecule has 2 aromatic rings. The van der Waals surface area contributed by atoms with E-state index in [-0.39, 0.29) is 21.4 Å². The van der Waals surface area contributed by atoms with E-state index in [4.69, 9.17) is 11.6 Å². The van der Waals surface area contributed by atoms with Gasteiger partial charge < -0.3 is 4.90 Å². The van der Waals surface area contributed by atoms with Gasteiger partial charge in [0.1, 0.15) is 0 Å². The van der Waals surface area contributed by atoms with Gasteiger partial charge in [0.05, 0.1) is 21.2 Å². The Labute approximate surface area is 204 Å². The van der Waals surface area contributed by atoms with Crippen LogP contribution in [0.2, 0.25) is 5.02 Å². The second-order valence-electron chi connectivity index (χ2n) is 8.98. The van der Waals surface area contributed by atoms with Gasteiger partial charge in [0, 0.05) is 18.7 Å². The molecule has 2 rings (SSSR count). The van der Waals surface area contributed by atoms with E-state index in [0.717, 1.165) is 25.0 Å². The van der Waals surface area contributed by atoms with Crippen LogP contribution < -0.4 is 4.72 Å². The van der Waals surface area contributed by atoms with Gasteiger partial charge in [0.15, 0.2) is 0 Å². The molecule has 10 heteroatoms. The molecule has 0 aliphatic heterocycles. The van der Waals surface area contributed by atoms with Crippen molar-refractivity contribution >= 4 is 33.2 Å². The lowest BCUT2D eigenvalue weighted by molar-refractivity contribution is -0.137. The number of carbonyl (C=O) groups excluding carboxylic acids is 1. The number of hydrogen-bond donors (Lipinski definition) is 1. The number of halogens is 4. The van der Waals surface area contributed by atoms with E-state index in [9.17, 15) is 26.4 Å². The lowest BCUT2D eigenvalue weighted by Gasteiger charge is -2.25. The molecule has 0 spiro atoms. The van der Waals surface area contributed by atoms with E-state index >= 15 is 0 Å². The number of amides is 1. The monoisotopic (exact) mass is 518 g/mol. The third-order valence-electron chi connectivity index (χ3n) is 5.17. The highest BCUT2D eigenvalue weighted by atomic mass is 35.5. The molecule has 0 atom stereocenters. The first-order chi connectivity index (χ1) is 15.7. The minimum absolute atomic E-state index is 0.183. The van der Waals surface area contributed by atoms with Gasteiger partial charge in [-0.15, -0.1) is 0 Å². The highest BCUT2D eigenvalue weighted by molar-refractivity contribution is 7.92. The smallest absolute Gasteiger partial charge is 0.339 e. The van der Waals surface area contributed by atoms with Crippen molar-refractivity contribution in [2.45, 2.75) is 51.6 Å². The minimum Gasteiger partial charge on any atom is -0.339 e. The van der Waals surface area contributed by atoms with Crippen molar-refractivity contribution in [3.63, 3.8) is 0 Å². The number of nitrogens with one attached hydrogen (secondary N) is 1. The van der Waals surface area contributed by atoms with Crippen molar-refractivity contribution in [1.82, 2.24) is 4.90 Å². The van der Waals surface area contributed by atoms with Crippen molar-refractivity contribution in [2.75, 3.05) is 17.8 Å². The summed E-state index contributed by atoms with van der Waals surface area (Å²) < 4.78 is 67.0. The second kappa shape index (κ2) is 11.4. The van der Waals surface area contributed by atoms with Gasteiger partial charge in [-0.2, -0.15) is 13.2 Å². The third kappa shape index (κ3) is 7.91. The van der Waals surface area contributed by atoms with Crippen LogP contribution in [-0.2, 0) is 16.2 Å². The number of benzene rings is 2. The molecule has 0 radical (unpaired) electrons. The van der Waals surface area contributed by atoms with E-state index in [1.54, 1.807) is 4.90 Å². The molecule has 0 fully saturated rings. The number of anilines is 1. The summed E-state index contributed by atoms with van der Waals surface area (Å²) in [5, 5.41) is -0.183. The molecule has 0 saturated carbocycles. The molecule has 5 nitrogen and oxygen atoms in total. The topological polar surface area (TPSA) is 66.5 Å². The molecule has 2 aromatic carbocycles. The molecule has 34 heavy (non-hydrogen) atoms. The lowest BCUT2D eigenvalue weighted by Crippen LogP contribution is -2.34. The van der Waals surface area contributed by atoms with Gasteiger partial charge >= 0.3 is 6.18 Å². The number of sulfonamides is 1. The standard InChI is InChI=1S/C24H30ClF3N2O3S/c1-16(2)10-12-30(13-11-17(3)4)23(31)18-6-5-7-20(14-18)34(32,33)29-22-15-19(24(26,27)28)8-9-21(22)25/h5-9,14-17,29H,10-13H2,1-4H3. The zero-order chi connectivity index (χ0) is 25.7. The Morgan fingerprint density at radius 2 is 1.59 bits per heavy atom. The van der Waals surface area contributed by atoms with Crippen LogP contribution in [0, 0.1) is 11.8 Å². The Morgan fingerprint density at radius 1 is 1.00 bits per heavy atom. The van der Waals surface area contributed by atoms with Gasteiger partial charge in [0.25, 0.3) is 15.9 Å². The van der Waals surface area contributed by atoms with Crippen molar-refractivity contribution in [3.05, 3.63) is 58.6 Å². The molecule has 0 heterocycles. The molecule has 1 amide bonds. The first kappa shape index (κ1) is 28.0. The first-order valence-electron chi connectivity index (χ1n) is 11.0. The summed E-state index contributed by atoms with van der Waals surface area (Å²) in [7, 11) is -4.30. The summed E-state index contributed by atoms with van der Waals surface area (Å²) >= 11 is 5.93. The fraction of sp³-hybridized carbons (Fsp3) is 0.458. The van der Waals surface area contributed by atoms with Crippen LogP contribution in [0.5, 0.6) is 0 Å². The van der Waals surface area contributed by atoms with Crippen molar-refractivity contribution in [3.8, 4) is 0 Å². The zero-order valence-electron chi connectivity index (χ0n) is 19.6. The average molecular weight is 519 g/mol. The molecule has 0 saturated heterocycles. The van der Waals surface area contributed by atoms with Crippen LogP contribution in [-0.4, -0.2) is 32.3 Å². The largest absolute Gasteiger partial charge is 0.416 e. The van der Waals surface area contributed by atoms with E-state index in [2.05, 4.69) is 32.4 Å². The van der Waals surface area contributed by atoms with E-state index < -0.39 is 27.5 Å². The molecule has 1 N–H and O–H groups in total. The van der Waals surface area contributed by atoms with E-state index in [1.165, 1.54) is 24.3 Å². The quantitative estimate of drug-likeness (QED) is 0.381. The predicted octanol–water partition coefficient (Wildman–Crippen LogP) is 6.69. The molecule has 0 unspecified atom stereocenters. The van der Waals surface area contributed by atoms with Crippen LogP contribution in [0.25, 0.3) is 0 Å². The van der Waals surface area contributed by atoms with Crippen LogP contribution in [0.3, 0.4) is 0 Å². The van der Waals surface area contributed by atoms with Gasteiger partial charge in [-0.05, 0) is 61.1 Å². The minimum atomic E-state index is -4.66. The Kier molecular flexibility index (Phi) is 9.42. The normalized spacial score (nSPS) is 12.3. The third-order valence-corrected chi connectivity index (χ3v) is 6.86. The predicted molar refractivity (Wildman–Crippen MR) is 129 cm³/mol. The summed E-state index contributed by atoms with van der Waals surface area (Å²) in [4.78, 5) is 14.6. The van der Waals surface area contributed by atoms with Crippen LogP contribution in [0.1, 0.15) is 56.5 Å². The van der Waals surface area contributed by atoms with Gasteiger partial charge in [0.2, 0.25) is 0 Å². The fourth-order valence-electron chi connectivity index (χ4n) is 3.11.